The highest BCUT2D eigenvalue weighted by Gasteiger charge is 2.07. The van der Waals surface area contributed by atoms with Crippen molar-refractivity contribution in [2.24, 2.45) is 0 Å². The third-order valence-electron chi connectivity index (χ3n) is 2.10. The van der Waals surface area contributed by atoms with Gasteiger partial charge >= 0.3 is 0 Å². The first-order valence-corrected chi connectivity index (χ1v) is 8.24. The maximum Gasteiger partial charge on any atom is 0.151 e. The fourth-order valence-electron chi connectivity index (χ4n) is 1.12. The quantitative estimate of drug-likeness (QED) is 0.866. The van der Waals surface area contributed by atoms with E-state index in [0.29, 0.717) is 6.54 Å². The molecule has 1 rings (SSSR count). The number of halogens is 2. The summed E-state index contributed by atoms with van der Waals surface area (Å²) >= 11 is 6.76. The number of rotatable bonds is 5. The van der Waals surface area contributed by atoms with E-state index in [1.807, 2.05) is 18.2 Å². The Hall–Kier alpha value is -0.0700. The lowest BCUT2D eigenvalue weighted by Gasteiger charge is -2.08. The van der Waals surface area contributed by atoms with E-state index in [1.54, 1.807) is 6.92 Å². The molecule has 0 aromatic heterocycles. The number of sulfone groups is 1. The van der Waals surface area contributed by atoms with Crippen LogP contribution >= 0.6 is 31.9 Å². The molecule has 0 bridgehead atoms. The van der Waals surface area contributed by atoms with Gasteiger partial charge in [-0.05, 0) is 34.1 Å². The van der Waals surface area contributed by atoms with Crippen molar-refractivity contribution < 1.29 is 8.42 Å². The van der Waals surface area contributed by atoms with Crippen LogP contribution in [-0.2, 0) is 9.84 Å². The highest BCUT2D eigenvalue weighted by molar-refractivity contribution is 9.11. The molecule has 0 spiro atoms. The smallest absolute Gasteiger partial charge is 0.151 e. The summed E-state index contributed by atoms with van der Waals surface area (Å²) in [5, 5.41) is 3.08. The van der Waals surface area contributed by atoms with Gasteiger partial charge in [0.2, 0.25) is 0 Å². The number of nitrogens with one attached hydrogen (secondary N) is 1. The van der Waals surface area contributed by atoms with Crippen LogP contribution in [0.5, 0.6) is 0 Å². The Morgan fingerprint density at radius 1 is 1.31 bits per heavy atom. The summed E-state index contributed by atoms with van der Waals surface area (Å²) in [4.78, 5) is 0. The van der Waals surface area contributed by atoms with E-state index in [2.05, 4.69) is 37.2 Å². The van der Waals surface area contributed by atoms with Crippen LogP contribution in [0.2, 0.25) is 0 Å². The standard InChI is InChI=1S/C10H13Br2NO2S/c1-2-16(14,15)6-5-13-10-4-3-8(11)7-9(10)12/h3-4,7,13H,2,5-6H2,1H3. The molecule has 0 saturated carbocycles. The molecule has 6 heteroatoms. The third-order valence-corrected chi connectivity index (χ3v) is 4.95. The Morgan fingerprint density at radius 3 is 2.56 bits per heavy atom. The maximum absolute atomic E-state index is 11.3. The van der Waals surface area contributed by atoms with Crippen LogP contribution in [0.1, 0.15) is 6.92 Å². The minimum Gasteiger partial charge on any atom is -0.383 e. The summed E-state index contributed by atoms with van der Waals surface area (Å²) in [5.74, 6) is 0.349. The zero-order valence-electron chi connectivity index (χ0n) is 8.83. The largest absolute Gasteiger partial charge is 0.383 e. The summed E-state index contributed by atoms with van der Waals surface area (Å²) in [5.41, 5.74) is 0.898. The molecule has 0 radical (unpaired) electrons. The summed E-state index contributed by atoms with van der Waals surface area (Å²) in [7, 11) is -2.90. The number of anilines is 1. The van der Waals surface area contributed by atoms with Gasteiger partial charge in [-0.15, -0.1) is 0 Å². The predicted molar refractivity (Wildman–Crippen MR) is 74.7 cm³/mol. The van der Waals surface area contributed by atoms with Crippen molar-refractivity contribution in [2.45, 2.75) is 6.92 Å². The van der Waals surface area contributed by atoms with Gasteiger partial charge < -0.3 is 5.32 Å². The van der Waals surface area contributed by atoms with E-state index in [9.17, 15) is 8.42 Å². The van der Waals surface area contributed by atoms with Gasteiger partial charge in [-0.2, -0.15) is 0 Å². The zero-order valence-corrected chi connectivity index (χ0v) is 12.8. The average Bonchev–Trinajstić information content (AvgIpc) is 2.21. The molecular weight excluding hydrogens is 358 g/mol. The Balaban J connectivity index is 2.56. The Bertz CT molecular complexity index is 460. The highest BCUT2D eigenvalue weighted by atomic mass is 79.9. The number of hydrogen-bond acceptors (Lipinski definition) is 3. The molecule has 1 aromatic carbocycles. The molecule has 16 heavy (non-hydrogen) atoms. The van der Waals surface area contributed by atoms with Gasteiger partial charge in [0.05, 0.1) is 5.75 Å². The van der Waals surface area contributed by atoms with Gasteiger partial charge in [-0.25, -0.2) is 8.42 Å². The van der Waals surface area contributed by atoms with Gasteiger partial charge in [0.1, 0.15) is 0 Å². The van der Waals surface area contributed by atoms with Crippen molar-refractivity contribution in [3.8, 4) is 0 Å². The Labute approximate surface area is 113 Å². The molecule has 0 aliphatic heterocycles. The van der Waals surface area contributed by atoms with Crippen LogP contribution < -0.4 is 5.32 Å². The van der Waals surface area contributed by atoms with Crippen LogP contribution in [0.3, 0.4) is 0 Å². The number of benzene rings is 1. The van der Waals surface area contributed by atoms with E-state index in [4.69, 9.17) is 0 Å². The minimum absolute atomic E-state index is 0.159. The molecule has 0 fully saturated rings. The predicted octanol–water partition coefficient (Wildman–Crippen LogP) is 3.06. The first-order valence-electron chi connectivity index (χ1n) is 4.84. The van der Waals surface area contributed by atoms with Gasteiger partial charge in [-0.1, -0.05) is 22.9 Å². The van der Waals surface area contributed by atoms with Gasteiger partial charge in [0.15, 0.2) is 9.84 Å². The first kappa shape index (κ1) is 14.0. The van der Waals surface area contributed by atoms with Gasteiger partial charge in [0.25, 0.3) is 0 Å². The minimum atomic E-state index is -2.90. The first-order chi connectivity index (χ1) is 7.44. The van der Waals surface area contributed by atoms with Crippen LogP contribution in [0.25, 0.3) is 0 Å². The summed E-state index contributed by atoms with van der Waals surface area (Å²) < 4.78 is 24.4. The van der Waals surface area contributed by atoms with E-state index in [0.717, 1.165) is 14.6 Å². The molecule has 0 heterocycles. The second-order valence-corrected chi connectivity index (χ2v) is 7.53. The summed E-state index contributed by atoms with van der Waals surface area (Å²) in [6.07, 6.45) is 0. The summed E-state index contributed by atoms with van der Waals surface area (Å²) in [6, 6.07) is 5.71. The maximum atomic E-state index is 11.3. The molecule has 90 valence electrons. The van der Waals surface area contributed by atoms with E-state index >= 15 is 0 Å². The van der Waals surface area contributed by atoms with E-state index < -0.39 is 9.84 Å². The lowest BCUT2D eigenvalue weighted by molar-refractivity contribution is 0.597. The lowest BCUT2D eigenvalue weighted by atomic mass is 10.3. The second-order valence-electron chi connectivity index (χ2n) is 3.29. The lowest BCUT2D eigenvalue weighted by Crippen LogP contribution is -2.17. The topological polar surface area (TPSA) is 46.2 Å². The molecule has 1 aromatic rings. The number of hydrogen-bond donors (Lipinski definition) is 1. The van der Waals surface area contributed by atoms with Gasteiger partial charge in [0, 0.05) is 26.9 Å². The molecule has 0 amide bonds. The molecule has 0 aliphatic carbocycles. The molecule has 0 saturated heterocycles. The fourth-order valence-corrected chi connectivity index (χ4v) is 3.01. The summed E-state index contributed by atoms with van der Waals surface area (Å²) in [6.45, 7) is 2.08. The van der Waals surface area contributed by atoms with Crippen molar-refractivity contribution in [3.63, 3.8) is 0 Å². The molecule has 3 nitrogen and oxygen atoms in total. The van der Waals surface area contributed by atoms with E-state index in [-0.39, 0.29) is 11.5 Å². The van der Waals surface area contributed by atoms with Gasteiger partial charge in [-0.3, -0.25) is 0 Å². The van der Waals surface area contributed by atoms with Crippen LogP contribution in [0.15, 0.2) is 27.1 Å². The SMILES string of the molecule is CCS(=O)(=O)CCNc1ccc(Br)cc1Br. The highest BCUT2D eigenvalue weighted by Crippen LogP contribution is 2.25. The second kappa shape index (κ2) is 6.02. The molecule has 0 unspecified atom stereocenters. The fraction of sp³-hybridized carbons (Fsp3) is 0.400. The third kappa shape index (κ3) is 4.43. The van der Waals surface area contributed by atoms with E-state index in [1.165, 1.54) is 0 Å². The van der Waals surface area contributed by atoms with Crippen LogP contribution in [0, 0.1) is 0 Å². The van der Waals surface area contributed by atoms with Crippen molar-refractivity contribution >= 4 is 47.4 Å². The molecule has 0 aliphatic rings. The monoisotopic (exact) mass is 369 g/mol. The molecule has 0 atom stereocenters. The van der Waals surface area contributed by atoms with Crippen molar-refractivity contribution in [1.29, 1.82) is 0 Å². The van der Waals surface area contributed by atoms with Crippen molar-refractivity contribution in [3.05, 3.63) is 27.1 Å². The normalized spacial score (nSPS) is 11.4. The Morgan fingerprint density at radius 2 is 2.00 bits per heavy atom. The zero-order chi connectivity index (χ0) is 12.2. The van der Waals surface area contributed by atoms with Crippen LogP contribution in [-0.4, -0.2) is 26.5 Å². The average molecular weight is 371 g/mol. The molecular formula is C10H13Br2NO2S. The van der Waals surface area contributed by atoms with Crippen molar-refractivity contribution in [1.82, 2.24) is 0 Å². The van der Waals surface area contributed by atoms with Crippen LogP contribution in [0.4, 0.5) is 5.69 Å². The molecule has 1 N–H and O–H groups in total. The van der Waals surface area contributed by atoms with Crippen molar-refractivity contribution in [2.75, 3.05) is 23.4 Å². The Kier molecular flexibility index (Phi) is 5.27.